The zero-order valence-electron chi connectivity index (χ0n) is 9.40. The standard InChI is InChI=1S/C11H18N4/c1-3-10-6-13-11(14-7-10)15-5-4-12-9(2)8-15/h6-7,9,12H,3-5,8H2,1-2H3/t9-/m0/s1. The maximum Gasteiger partial charge on any atom is 0.225 e. The SMILES string of the molecule is CCc1cnc(N2CCN[C@@H](C)C2)nc1. The summed E-state index contributed by atoms with van der Waals surface area (Å²) in [5, 5.41) is 3.41. The first-order valence-electron chi connectivity index (χ1n) is 5.59. The van der Waals surface area contributed by atoms with Crippen molar-refractivity contribution in [1.82, 2.24) is 15.3 Å². The van der Waals surface area contributed by atoms with Crippen LogP contribution in [0.5, 0.6) is 0 Å². The second-order valence-corrected chi connectivity index (χ2v) is 4.05. The fourth-order valence-electron chi connectivity index (χ4n) is 1.81. The molecule has 0 bridgehead atoms. The zero-order valence-corrected chi connectivity index (χ0v) is 9.40. The molecule has 1 aromatic rings. The fourth-order valence-corrected chi connectivity index (χ4v) is 1.81. The van der Waals surface area contributed by atoms with Gasteiger partial charge in [0.05, 0.1) is 0 Å². The summed E-state index contributed by atoms with van der Waals surface area (Å²) in [6, 6.07) is 0.521. The van der Waals surface area contributed by atoms with Crippen LogP contribution in [-0.4, -0.2) is 35.6 Å². The molecule has 1 fully saturated rings. The molecule has 15 heavy (non-hydrogen) atoms. The van der Waals surface area contributed by atoms with Gasteiger partial charge in [-0.1, -0.05) is 6.92 Å². The van der Waals surface area contributed by atoms with E-state index in [1.807, 2.05) is 12.4 Å². The number of nitrogens with one attached hydrogen (secondary N) is 1. The van der Waals surface area contributed by atoms with E-state index < -0.39 is 0 Å². The van der Waals surface area contributed by atoms with Gasteiger partial charge in [0.1, 0.15) is 0 Å². The van der Waals surface area contributed by atoms with Crippen molar-refractivity contribution in [3.63, 3.8) is 0 Å². The monoisotopic (exact) mass is 206 g/mol. The summed E-state index contributed by atoms with van der Waals surface area (Å²) in [7, 11) is 0. The van der Waals surface area contributed by atoms with E-state index in [1.165, 1.54) is 5.56 Å². The summed E-state index contributed by atoms with van der Waals surface area (Å²) < 4.78 is 0. The Morgan fingerprint density at radius 1 is 1.47 bits per heavy atom. The number of aromatic nitrogens is 2. The Morgan fingerprint density at radius 2 is 2.20 bits per heavy atom. The molecule has 0 saturated carbocycles. The van der Waals surface area contributed by atoms with E-state index in [2.05, 4.69) is 34.0 Å². The van der Waals surface area contributed by atoms with Crippen LogP contribution in [0.15, 0.2) is 12.4 Å². The molecule has 82 valence electrons. The topological polar surface area (TPSA) is 41.1 Å². The molecule has 1 atom stereocenters. The van der Waals surface area contributed by atoms with Crippen molar-refractivity contribution >= 4 is 5.95 Å². The van der Waals surface area contributed by atoms with Crippen LogP contribution < -0.4 is 10.2 Å². The lowest BCUT2D eigenvalue weighted by Gasteiger charge is -2.31. The van der Waals surface area contributed by atoms with Gasteiger partial charge in [-0.15, -0.1) is 0 Å². The minimum Gasteiger partial charge on any atom is -0.338 e. The molecule has 2 rings (SSSR count). The number of anilines is 1. The highest BCUT2D eigenvalue weighted by atomic mass is 15.3. The summed E-state index contributed by atoms with van der Waals surface area (Å²) in [6.45, 7) is 7.30. The Kier molecular flexibility index (Phi) is 3.16. The molecule has 0 radical (unpaired) electrons. The van der Waals surface area contributed by atoms with Gasteiger partial charge in [-0.05, 0) is 18.9 Å². The summed E-state index contributed by atoms with van der Waals surface area (Å²) in [5.74, 6) is 0.862. The molecule has 0 spiro atoms. The molecule has 1 aromatic heterocycles. The molecular formula is C11H18N4. The van der Waals surface area contributed by atoms with E-state index in [0.717, 1.165) is 32.0 Å². The van der Waals surface area contributed by atoms with Crippen molar-refractivity contribution in [3.8, 4) is 0 Å². The lowest BCUT2D eigenvalue weighted by atomic mass is 10.2. The van der Waals surface area contributed by atoms with E-state index >= 15 is 0 Å². The van der Waals surface area contributed by atoms with E-state index in [1.54, 1.807) is 0 Å². The van der Waals surface area contributed by atoms with Gasteiger partial charge < -0.3 is 10.2 Å². The molecule has 0 aromatic carbocycles. The molecule has 0 aliphatic carbocycles. The number of nitrogens with zero attached hydrogens (tertiary/aromatic N) is 3. The molecule has 1 saturated heterocycles. The van der Waals surface area contributed by atoms with Crippen LogP contribution in [-0.2, 0) is 6.42 Å². The number of piperazine rings is 1. The summed E-state index contributed by atoms with van der Waals surface area (Å²) in [6.07, 6.45) is 4.85. The van der Waals surface area contributed by atoms with Crippen molar-refractivity contribution in [3.05, 3.63) is 18.0 Å². The lowest BCUT2D eigenvalue weighted by molar-refractivity contribution is 0.479. The summed E-state index contributed by atoms with van der Waals surface area (Å²) in [4.78, 5) is 11.0. The normalized spacial score (nSPS) is 21.7. The van der Waals surface area contributed by atoms with E-state index in [0.29, 0.717) is 6.04 Å². The highest BCUT2D eigenvalue weighted by Gasteiger charge is 2.17. The van der Waals surface area contributed by atoms with Crippen LogP contribution in [0.4, 0.5) is 5.95 Å². The molecule has 2 heterocycles. The Morgan fingerprint density at radius 3 is 2.80 bits per heavy atom. The first-order chi connectivity index (χ1) is 7.29. The van der Waals surface area contributed by atoms with E-state index in [4.69, 9.17) is 0 Å². The third kappa shape index (κ3) is 2.45. The van der Waals surface area contributed by atoms with Crippen molar-refractivity contribution in [2.24, 2.45) is 0 Å². The molecule has 1 aliphatic heterocycles. The smallest absolute Gasteiger partial charge is 0.225 e. The predicted octanol–water partition coefficient (Wildman–Crippen LogP) is 0.837. The van der Waals surface area contributed by atoms with Gasteiger partial charge in [0.25, 0.3) is 0 Å². The van der Waals surface area contributed by atoms with Crippen LogP contribution in [0.3, 0.4) is 0 Å². The second-order valence-electron chi connectivity index (χ2n) is 4.05. The largest absolute Gasteiger partial charge is 0.338 e. The number of hydrogen-bond acceptors (Lipinski definition) is 4. The Bertz CT molecular complexity index is 309. The van der Waals surface area contributed by atoms with Gasteiger partial charge in [0, 0.05) is 38.1 Å². The van der Waals surface area contributed by atoms with Crippen LogP contribution in [0.25, 0.3) is 0 Å². The Labute approximate surface area is 90.7 Å². The zero-order chi connectivity index (χ0) is 10.7. The average molecular weight is 206 g/mol. The third-order valence-corrected chi connectivity index (χ3v) is 2.75. The van der Waals surface area contributed by atoms with Crippen molar-refractivity contribution < 1.29 is 0 Å². The fraction of sp³-hybridized carbons (Fsp3) is 0.636. The molecule has 4 nitrogen and oxygen atoms in total. The van der Waals surface area contributed by atoms with Crippen LogP contribution in [0.1, 0.15) is 19.4 Å². The molecule has 1 N–H and O–H groups in total. The highest BCUT2D eigenvalue weighted by Crippen LogP contribution is 2.09. The second kappa shape index (κ2) is 4.57. The molecule has 4 heteroatoms. The minimum atomic E-state index is 0.521. The van der Waals surface area contributed by atoms with Gasteiger partial charge in [-0.2, -0.15) is 0 Å². The Hall–Kier alpha value is -1.16. The Balaban J connectivity index is 2.07. The molecule has 0 amide bonds. The average Bonchev–Trinajstić information content (AvgIpc) is 2.29. The minimum absolute atomic E-state index is 0.521. The maximum absolute atomic E-state index is 4.39. The quantitative estimate of drug-likeness (QED) is 0.778. The molecule has 0 unspecified atom stereocenters. The van der Waals surface area contributed by atoms with Gasteiger partial charge in [0.2, 0.25) is 5.95 Å². The van der Waals surface area contributed by atoms with Gasteiger partial charge >= 0.3 is 0 Å². The summed E-state index contributed by atoms with van der Waals surface area (Å²) >= 11 is 0. The molecule has 1 aliphatic rings. The van der Waals surface area contributed by atoms with Gasteiger partial charge in [-0.25, -0.2) is 9.97 Å². The van der Waals surface area contributed by atoms with Crippen molar-refractivity contribution in [1.29, 1.82) is 0 Å². The number of rotatable bonds is 2. The predicted molar refractivity (Wildman–Crippen MR) is 61.1 cm³/mol. The summed E-state index contributed by atoms with van der Waals surface area (Å²) in [5.41, 5.74) is 1.20. The lowest BCUT2D eigenvalue weighted by Crippen LogP contribution is -2.49. The van der Waals surface area contributed by atoms with Gasteiger partial charge in [-0.3, -0.25) is 0 Å². The van der Waals surface area contributed by atoms with Crippen LogP contribution >= 0.6 is 0 Å². The third-order valence-electron chi connectivity index (χ3n) is 2.75. The van der Waals surface area contributed by atoms with E-state index in [9.17, 15) is 0 Å². The van der Waals surface area contributed by atoms with Gasteiger partial charge in [0.15, 0.2) is 0 Å². The van der Waals surface area contributed by atoms with Crippen molar-refractivity contribution in [2.75, 3.05) is 24.5 Å². The van der Waals surface area contributed by atoms with E-state index in [-0.39, 0.29) is 0 Å². The number of aryl methyl sites for hydroxylation is 1. The molecular weight excluding hydrogens is 188 g/mol. The number of hydrogen-bond donors (Lipinski definition) is 1. The van der Waals surface area contributed by atoms with Crippen LogP contribution in [0, 0.1) is 0 Å². The van der Waals surface area contributed by atoms with Crippen molar-refractivity contribution in [2.45, 2.75) is 26.3 Å². The first kappa shape index (κ1) is 10.4. The highest BCUT2D eigenvalue weighted by molar-refractivity contribution is 5.31. The van der Waals surface area contributed by atoms with Crippen LogP contribution in [0.2, 0.25) is 0 Å². The first-order valence-corrected chi connectivity index (χ1v) is 5.59. The maximum atomic E-state index is 4.39.